The van der Waals surface area contributed by atoms with Crippen LogP contribution in [0.25, 0.3) is 11.1 Å². The number of halogens is 1. The molecule has 1 heterocycles. The molecule has 3 rings (SSSR count). The first-order valence-corrected chi connectivity index (χ1v) is 9.37. The summed E-state index contributed by atoms with van der Waals surface area (Å²) in [6, 6.07) is 15.2. The molecule has 0 saturated carbocycles. The highest BCUT2D eigenvalue weighted by Crippen LogP contribution is 2.25. The van der Waals surface area contributed by atoms with Crippen molar-refractivity contribution < 1.29 is 19.0 Å². The lowest BCUT2D eigenvalue weighted by atomic mass is 10.0. The summed E-state index contributed by atoms with van der Waals surface area (Å²) in [5.74, 6) is -0.840. The molecule has 0 aliphatic heterocycles. The largest absolute Gasteiger partial charge is 0.488 e. The number of carbonyl (C=O) groups is 1. The van der Waals surface area contributed by atoms with Gasteiger partial charge in [0.15, 0.2) is 0 Å². The van der Waals surface area contributed by atoms with Gasteiger partial charge < -0.3 is 15.6 Å². The maximum Gasteiger partial charge on any atom is 0.251 e. The number of ether oxygens (including phenoxy) is 1. The van der Waals surface area contributed by atoms with Gasteiger partial charge in [0.05, 0.1) is 11.7 Å². The predicted molar refractivity (Wildman–Crippen MR) is 109 cm³/mol. The minimum absolute atomic E-state index is 0.145. The van der Waals surface area contributed by atoms with Crippen molar-refractivity contribution in [3.05, 3.63) is 83.9 Å². The van der Waals surface area contributed by atoms with Crippen molar-refractivity contribution >= 4 is 5.91 Å². The Morgan fingerprint density at radius 3 is 2.55 bits per heavy atom. The Hall–Kier alpha value is -3.25. The van der Waals surface area contributed by atoms with Crippen LogP contribution in [0.15, 0.2) is 67.0 Å². The van der Waals surface area contributed by atoms with Crippen LogP contribution in [0.4, 0.5) is 4.39 Å². The molecule has 0 spiro atoms. The number of aliphatic hydroxyl groups is 1. The molecule has 3 N–H and O–H groups in total. The number of primary amides is 1. The van der Waals surface area contributed by atoms with Crippen molar-refractivity contribution in [2.24, 2.45) is 5.73 Å². The van der Waals surface area contributed by atoms with E-state index in [9.17, 15) is 14.3 Å². The van der Waals surface area contributed by atoms with Crippen LogP contribution in [0, 0.1) is 5.82 Å². The van der Waals surface area contributed by atoms with Gasteiger partial charge >= 0.3 is 0 Å². The summed E-state index contributed by atoms with van der Waals surface area (Å²) in [6.07, 6.45) is 3.78. The molecule has 0 saturated heterocycles. The van der Waals surface area contributed by atoms with Gasteiger partial charge in [0.2, 0.25) is 0 Å². The van der Waals surface area contributed by atoms with Gasteiger partial charge in [-0.05, 0) is 66.8 Å². The number of benzene rings is 2. The number of carbonyl (C=O) groups excluding carboxylic acids is 1. The zero-order valence-electron chi connectivity index (χ0n) is 16.1. The molecule has 0 radical (unpaired) electrons. The summed E-state index contributed by atoms with van der Waals surface area (Å²) >= 11 is 0. The lowest BCUT2D eigenvalue weighted by molar-refractivity contribution is 0.0420. The average molecular weight is 394 g/mol. The van der Waals surface area contributed by atoms with Crippen LogP contribution < -0.4 is 10.5 Å². The molecule has 2 atom stereocenters. The Bertz CT molecular complexity index is 962. The van der Waals surface area contributed by atoms with Gasteiger partial charge in [-0.3, -0.25) is 9.78 Å². The van der Waals surface area contributed by atoms with Crippen LogP contribution >= 0.6 is 0 Å². The Morgan fingerprint density at radius 1 is 1.17 bits per heavy atom. The predicted octanol–water partition coefficient (Wildman–Crippen LogP) is 3.75. The third-order valence-electron chi connectivity index (χ3n) is 4.73. The highest BCUT2D eigenvalue weighted by Gasteiger charge is 2.16. The number of amides is 1. The minimum Gasteiger partial charge on any atom is -0.488 e. The van der Waals surface area contributed by atoms with E-state index in [2.05, 4.69) is 4.98 Å². The molecule has 29 heavy (non-hydrogen) atoms. The third kappa shape index (κ3) is 5.39. The lowest BCUT2D eigenvalue weighted by Gasteiger charge is -2.20. The van der Waals surface area contributed by atoms with Gasteiger partial charge in [-0.15, -0.1) is 0 Å². The summed E-state index contributed by atoms with van der Waals surface area (Å²) < 4.78 is 19.5. The first-order chi connectivity index (χ1) is 13.9. The third-order valence-corrected chi connectivity index (χ3v) is 4.73. The normalized spacial score (nSPS) is 12.9. The van der Waals surface area contributed by atoms with E-state index in [-0.39, 0.29) is 11.7 Å². The molecular formula is C23H23FN2O3. The lowest BCUT2D eigenvalue weighted by Crippen LogP contribution is -2.29. The molecule has 0 aliphatic rings. The molecule has 6 heteroatoms. The van der Waals surface area contributed by atoms with Crippen LogP contribution in [0.1, 0.15) is 29.3 Å². The van der Waals surface area contributed by atoms with Crippen LogP contribution in [0.3, 0.4) is 0 Å². The Kier molecular flexibility index (Phi) is 6.57. The quantitative estimate of drug-likeness (QED) is 0.609. The second-order valence-electron chi connectivity index (χ2n) is 6.87. The molecule has 150 valence electrons. The summed E-state index contributed by atoms with van der Waals surface area (Å²) in [7, 11) is 0. The maximum absolute atomic E-state index is 13.6. The fourth-order valence-electron chi connectivity index (χ4n) is 3.01. The topological polar surface area (TPSA) is 85.4 Å². The number of rotatable bonds is 8. The molecule has 5 nitrogen and oxygen atoms in total. The second kappa shape index (κ2) is 9.30. The molecule has 0 fully saturated rings. The van der Waals surface area contributed by atoms with E-state index >= 15 is 0 Å². The number of hydrogen-bond acceptors (Lipinski definition) is 4. The SMILES string of the molecule is C[C@H](Oc1ccc(-c2ccc(F)c(C(N)=O)c2)cc1)[C@H](O)CCc1cccnc1. The van der Waals surface area contributed by atoms with Crippen molar-refractivity contribution in [1.82, 2.24) is 4.98 Å². The van der Waals surface area contributed by atoms with Crippen molar-refractivity contribution in [3.63, 3.8) is 0 Å². The Morgan fingerprint density at radius 2 is 1.90 bits per heavy atom. The summed E-state index contributed by atoms with van der Waals surface area (Å²) in [5, 5.41) is 10.4. The van der Waals surface area contributed by atoms with Gasteiger partial charge in [-0.25, -0.2) is 4.39 Å². The van der Waals surface area contributed by atoms with E-state index in [0.29, 0.717) is 24.2 Å². The zero-order chi connectivity index (χ0) is 20.8. The fraction of sp³-hybridized carbons (Fsp3) is 0.217. The number of aliphatic hydroxyl groups excluding tert-OH is 1. The van der Waals surface area contributed by atoms with Crippen LogP contribution in [-0.2, 0) is 6.42 Å². The number of nitrogens with zero attached hydrogens (tertiary/aromatic N) is 1. The molecule has 1 aromatic heterocycles. The number of hydrogen-bond donors (Lipinski definition) is 2. The molecule has 3 aromatic rings. The second-order valence-corrected chi connectivity index (χ2v) is 6.87. The average Bonchev–Trinajstić information content (AvgIpc) is 2.73. The molecule has 1 amide bonds. The molecule has 2 aromatic carbocycles. The smallest absolute Gasteiger partial charge is 0.251 e. The highest BCUT2D eigenvalue weighted by molar-refractivity contribution is 5.94. The first-order valence-electron chi connectivity index (χ1n) is 9.37. The van der Waals surface area contributed by atoms with Crippen molar-refractivity contribution in [2.45, 2.75) is 32.0 Å². The maximum atomic E-state index is 13.6. The number of aromatic nitrogens is 1. The fourth-order valence-corrected chi connectivity index (χ4v) is 3.01. The van der Waals surface area contributed by atoms with Crippen molar-refractivity contribution in [1.29, 1.82) is 0 Å². The van der Waals surface area contributed by atoms with Crippen LogP contribution in [-0.4, -0.2) is 28.2 Å². The van der Waals surface area contributed by atoms with Gasteiger partial charge in [0, 0.05) is 12.4 Å². The van der Waals surface area contributed by atoms with Gasteiger partial charge in [0.25, 0.3) is 5.91 Å². The Labute approximate surface area is 169 Å². The first kappa shape index (κ1) is 20.5. The van der Waals surface area contributed by atoms with E-state index < -0.39 is 17.8 Å². The van der Waals surface area contributed by atoms with E-state index in [1.165, 1.54) is 12.1 Å². The molecule has 0 bridgehead atoms. The monoisotopic (exact) mass is 394 g/mol. The number of aryl methyl sites for hydroxylation is 1. The van der Waals surface area contributed by atoms with Gasteiger partial charge in [-0.2, -0.15) is 0 Å². The number of pyridine rings is 1. The van der Waals surface area contributed by atoms with Gasteiger partial charge in [0.1, 0.15) is 17.7 Å². The minimum atomic E-state index is -0.807. The summed E-state index contributed by atoms with van der Waals surface area (Å²) in [5.41, 5.74) is 7.60. The van der Waals surface area contributed by atoms with Crippen LogP contribution in [0.5, 0.6) is 5.75 Å². The van der Waals surface area contributed by atoms with E-state index in [0.717, 1.165) is 11.1 Å². The van der Waals surface area contributed by atoms with Crippen molar-refractivity contribution in [2.75, 3.05) is 0 Å². The zero-order valence-corrected chi connectivity index (χ0v) is 16.1. The summed E-state index contributed by atoms with van der Waals surface area (Å²) in [6.45, 7) is 1.82. The van der Waals surface area contributed by atoms with Gasteiger partial charge in [-0.1, -0.05) is 24.3 Å². The van der Waals surface area contributed by atoms with E-state index in [4.69, 9.17) is 10.5 Å². The highest BCUT2D eigenvalue weighted by atomic mass is 19.1. The Balaban J connectivity index is 1.61. The number of nitrogens with two attached hydrogens (primary N) is 1. The van der Waals surface area contributed by atoms with E-state index in [1.807, 2.05) is 31.2 Å². The molecular weight excluding hydrogens is 371 g/mol. The van der Waals surface area contributed by atoms with E-state index in [1.54, 1.807) is 30.6 Å². The molecule has 0 unspecified atom stereocenters. The van der Waals surface area contributed by atoms with Crippen molar-refractivity contribution in [3.8, 4) is 16.9 Å². The molecule has 0 aliphatic carbocycles. The summed E-state index contributed by atoms with van der Waals surface area (Å²) in [4.78, 5) is 15.4. The standard InChI is InChI=1S/C23H23FN2O3/c1-15(22(27)11-4-16-3-2-12-26-14-16)29-19-8-5-17(6-9-19)18-7-10-21(24)20(13-18)23(25)28/h2-3,5-10,12-15,22,27H,4,11H2,1H3,(H2,25,28)/t15-,22+/m0/s1. The van der Waals surface area contributed by atoms with Crippen LogP contribution in [0.2, 0.25) is 0 Å².